The summed E-state index contributed by atoms with van der Waals surface area (Å²) >= 11 is 0. The zero-order chi connectivity index (χ0) is 14.7. The van der Waals surface area contributed by atoms with Gasteiger partial charge in [-0.2, -0.15) is 0 Å². The van der Waals surface area contributed by atoms with E-state index in [0.29, 0.717) is 11.6 Å². The topological polar surface area (TPSA) is 60.2 Å². The van der Waals surface area contributed by atoms with E-state index in [1.807, 2.05) is 59.2 Å². The quantitative estimate of drug-likeness (QED) is 0.798. The van der Waals surface area contributed by atoms with Crippen molar-refractivity contribution in [2.75, 3.05) is 7.11 Å². The molecule has 3 aromatic rings. The summed E-state index contributed by atoms with van der Waals surface area (Å²) in [5.41, 5.74) is 1.82. The van der Waals surface area contributed by atoms with Gasteiger partial charge in [-0.25, -0.2) is 0 Å². The number of aliphatic hydroxyl groups is 1. The summed E-state index contributed by atoms with van der Waals surface area (Å²) < 4.78 is 7.01. The molecule has 0 aliphatic carbocycles. The van der Waals surface area contributed by atoms with E-state index in [1.54, 1.807) is 7.11 Å². The van der Waals surface area contributed by atoms with Crippen LogP contribution in [-0.2, 0) is 6.61 Å². The molecule has 5 nitrogen and oxygen atoms in total. The Morgan fingerprint density at radius 3 is 2.33 bits per heavy atom. The molecule has 0 saturated carbocycles. The summed E-state index contributed by atoms with van der Waals surface area (Å²) in [6, 6.07) is 17.3. The van der Waals surface area contributed by atoms with E-state index in [-0.39, 0.29) is 6.61 Å². The van der Waals surface area contributed by atoms with Crippen molar-refractivity contribution in [3.8, 4) is 22.8 Å². The van der Waals surface area contributed by atoms with E-state index in [0.717, 1.165) is 17.0 Å². The van der Waals surface area contributed by atoms with Gasteiger partial charge in [-0.3, -0.25) is 4.57 Å². The average molecular weight is 281 g/mol. The number of para-hydroxylation sites is 1. The molecule has 106 valence electrons. The van der Waals surface area contributed by atoms with Crippen LogP contribution in [0.25, 0.3) is 17.1 Å². The molecule has 5 heteroatoms. The zero-order valence-corrected chi connectivity index (χ0v) is 11.6. The van der Waals surface area contributed by atoms with Gasteiger partial charge in [-0.05, 0) is 36.4 Å². The molecule has 0 fully saturated rings. The van der Waals surface area contributed by atoms with Gasteiger partial charge in [0.15, 0.2) is 11.6 Å². The minimum atomic E-state index is -0.169. The maximum Gasteiger partial charge on any atom is 0.168 e. The van der Waals surface area contributed by atoms with Crippen LogP contribution in [0.15, 0.2) is 54.6 Å². The first-order valence-electron chi connectivity index (χ1n) is 6.58. The fourth-order valence-electron chi connectivity index (χ4n) is 2.19. The third-order valence-electron chi connectivity index (χ3n) is 3.23. The molecule has 21 heavy (non-hydrogen) atoms. The summed E-state index contributed by atoms with van der Waals surface area (Å²) in [7, 11) is 1.63. The third kappa shape index (κ3) is 2.51. The van der Waals surface area contributed by atoms with Gasteiger partial charge in [0.2, 0.25) is 0 Å². The monoisotopic (exact) mass is 281 g/mol. The lowest BCUT2D eigenvalue weighted by atomic mass is 10.2. The van der Waals surface area contributed by atoms with Gasteiger partial charge >= 0.3 is 0 Å². The number of benzene rings is 2. The van der Waals surface area contributed by atoms with Gasteiger partial charge in [0.05, 0.1) is 7.11 Å². The summed E-state index contributed by atoms with van der Waals surface area (Å²) in [5.74, 6) is 1.98. The molecule has 1 N–H and O–H groups in total. The van der Waals surface area contributed by atoms with Crippen LogP contribution in [0.3, 0.4) is 0 Å². The SMILES string of the molecule is COc1ccc(-c2nnc(CO)n2-c2ccccc2)cc1. The fourth-order valence-corrected chi connectivity index (χ4v) is 2.19. The number of aliphatic hydroxyl groups excluding tert-OH is 1. The Morgan fingerprint density at radius 1 is 1.00 bits per heavy atom. The summed E-state index contributed by atoms with van der Waals surface area (Å²) in [6.45, 7) is -0.169. The van der Waals surface area contributed by atoms with E-state index in [1.165, 1.54) is 0 Å². The largest absolute Gasteiger partial charge is 0.497 e. The highest BCUT2D eigenvalue weighted by Gasteiger charge is 2.14. The lowest BCUT2D eigenvalue weighted by Gasteiger charge is -2.09. The van der Waals surface area contributed by atoms with Gasteiger partial charge < -0.3 is 9.84 Å². The van der Waals surface area contributed by atoms with Gasteiger partial charge in [0.1, 0.15) is 12.4 Å². The molecule has 0 spiro atoms. The summed E-state index contributed by atoms with van der Waals surface area (Å²) in [4.78, 5) is 0. The number of rotatable bonds is 4. The second-order valence-electron chi connectivity index (χ2n) is 4.50. The number of hydrogen-bond donors (Lipinski definition) is 1. The maximum absolute atomic E-state index is 9.48. The van der Waals surface area contributed by atoms with Crippen LogP contribution >= 0.6 is 0 Å². The molecule has 0 aliphatic heterocycles. The summed E-state index contributed by atoms with van der Waals surface area (Å²) in [5, 5.41) is 17.7. The van der Waals surface area contributed by atoms with E-state index in [2.05, 4.69) is 10.2 Å². The minimum Gasteiger partial charge on any atom is -0.497 e. The molecule has 0 atom stereocenters. The Bertz CT molecular complexity index is 721. The van der Waals surface area contributed by atoms with Gasteiger partial charge in [-0.15, -0.1) is 10.2 Å². The van der Waals surface area contributed by atoms with Gasteiger partial charge in [-0.1, -0.05) is 18.2 Å². The first-order valence-corrected chi connectivity index (χ1v) is 6.58. The molecule has 0 amide bonds. The number of aromatic nitrogens is 3. The molecule has 1 aromatic heterocycles. The second kappa shape index (κ2) is 5.76. The van der Waals surface area contributed by atoms with Crippen molar-refractivity contribution in [2.24, 2.45) is 0 Å². The average Bonchev–Trinajstić information content (AvgIpc) is 2.99. The van der Waals surface area contributed by atoms with Crippen LogP contribution in [0.2, 0.25) is 0 Å². The van der Waals surface area contributed by atoms with Crippen molar-refractivity contribution in [1.29, 1.82) is 0 Å². The van der Waals surface area contributed by atoms with Crippen LogP contribution in [0.4, 0.5) is 0 Å². The highest BCUT2D eigenvalue weighted by Crippen LogP contribution is 2.24. The molecule has 0 radical (unpaired) electrons. The Labute approximate surface area is 122 Å². The highest BCUT2D eigenvalue weighted by molar-refractivity contribution is 5.59. The predicted octanol–water partition coefficient (Wildman–Crippen LogP) is 2.44. The van der Waals surface area contributed by atoms with E-state index >= 15 is 0 Å². The number of hydrogen-bond acceptors (Lipinski definition) is 4. The smallest absolute Gasteiger partial charge is 0.168 e. The number of ether oxygens (including phenoxy) is 1. The van der Waals surface area contributed by atoms with Crippen molar-refractivity contribution in [3.63, 3.8) is 0 Å². The summed E-state index contributed by atoms with van der Waals surface area (Å²) in [6.07, 6.45) is 0. The Kier molecular flexibility index (Phi) is 3.66. The number of nitrogens with zero attached hydrogens (tertiary/aromatic N) is 3. The van der Waals surface area contributed by atoms with Crippen molar-refractivity contribution in [2.45, 2.75) is 6.61 Å². The standard InChI is InChI=1S/C16H15N3O2/c1-21-14-9-7-12(8-10-14)16-18-17-15(11-20)19(16)13-5-3-2-4-6-13/h2-10,20H,11H2,1H3. The molecular weight excluding hydrogens is 266 g/mol. The van der Waals surface area contributed by atoms with Crippen LogP contribution in [0.5, 0.6) is 5.75 Å². The molecule has 3 rings (SSSR count). The lowest BCUT2D eigenvalue weighted by molar-refractivity contribution is 0.269. The van der Waals surface area contributed by atoms with Crippen molar-refractivity contribution >= 4 is 0 Å². The van der Waals surface area contributed by atoms with Gasteiger partial charge in [0, 0.05) is 11.3 Å². The van der Waals surface area contributed by atoms with Crippen molar-refractivity contribution in [3.05, 3.63) is 60.4 Å². The maximum atomic E-state index is 9.48. The second-order valence-corrected chi connectivity index (χ2v) is 4.50. The fraction of sp³-hybridized carbons (Fsp3) is 0.125. The predicted molar refractivity (Wildman–Crippen MR) is 79.3 cm³/mol. The Balaban J connectivity index is 2.12. The first-order chi connectivity index (χ1) is 10.3. The molecule has 0 bridgehead atoms. The van der Waals surface area contributed by atoms with Crippen LogP contribution < -0.4 is 4.74 Å². The Hall–Kier alpha value is -2.66. The van der Waals surface area contributed by atoms with Crippen LogP contribution in [-0.4, -0.2) is 27.0 Å². The van der Waals surface area contributed by atoms with E-state index in [9.17, 15) is 5.11 Å². The molecular formula is C16H15N3O2. The van der Waals surface area contributed by atoms with Crippen LogP contribution in [0.1, 0.15) is 5.82 Å². The van der Waals surface area contributed by atoms with E-state index in [4.69, 9.17) is 4.74 Å². The van der Waals surface area contributed by atoms with Crippen molar-refractivity contribution in [1.82, 2.24) is 14.8 Å². The van der Waals surface area contributed by atoms with Crippen molar-refractivity contribution < 1.29 is 9.84 Å². The molecule has 0 unspecified atom stereocenters. The zero-order valence-electron chi connectivity index (χ0n) is 11.6. The lowest BCUT2D eigenvalue weighted by Crippen LogP contribution is -2.03. The number of methoxy groups -OCH3 is 1. The highest BCUT2D eigenvalue weighted by atomic mass is 16.5. The van der Waals surface area contributed by atoms with Crippen LogP contribution in [0, 0.1) is 0 Å². The normalized spacial score (nSPS) is 10.6. The molecule has 0 saturated heterocycles. The van der Waals surface area contributed by atoms with Gasteiger partial charge in [0.25, 0.3) is 0 Å². The minimum absolute atomic E-state index is 0.169. The van der Waals surface area contributed by atoms with E-state index < -0.39 is 0 Å². The Morgan fingerprint density at radius 2 is 1.71 bits per heavy atom. The third-order valence-corrected chi connectivity index (χ3v) is 3.23. The molecule has 1 heterocycles. The molecule has 0 aliphatic rings. The first kappa shape index (κ1) is 13.3. The molecule has 2 aromatic carbocycles.